The quantitative estimate of drug-likeness (QED) is 0.806. The number of ether oxygens (including phenoxy) is 1. The maximum absolute atomic E-state index is 12.0. The zero-order valence-electron chi connectivity index (χ0n) is 14.7. The second-order valence-electron chi connectivity index (χ2n) is 6.31. The minimum Gasteiger partial charge on any atom is -0.483 e. The molecule has 25 heavy (non-hydrogen) atoms. The molecular formula is C20H23NO4. The molecule has 2 aromatic carbocycles. The number of nitrogens with one attached hydrogen (secondary N) is 1. The number of hydrogen-bond donors (Lipinski definition) is 2. The second-order valence-corrected chi connectivity index (χ2v) is 6.31. The molecule has 2 aromatic rings. The van der Waals surface area contributed by atoms with Gasteiger partial charge in [-0.05, 0) is 49.6 Å². The third-order valence-electron chi connectivity index (χ3n) is 4.14. The van der Waals surface area contributed by atoms with E-state index in [0.717, 1.165) is 12.0 Å². The van der Waals surface area contributed by atoms with E-state index in [1.54, 1.807) is 38.1 Å². The summed E-state index contributed by atoms with van der Waals surface area (Å²) in [5, 5.41) is 12.0. The third kappa shape index (κ3) is 4.59. The van der Waals surface area contributed by atoms with Crippen molar-refractivity contribution < 1.29 is 19.4 Å². The van der Waals surface area contributed by atoms with Crippen LogP contribution in [0.3, 0.4) is 0 Å². The van der Waals surface area contributed by atoms with E-state index in [9.17, 15) is 14.7 Å². The Balaban J connectivity index is 1.96. The number of carbonyl (C=O) groups excluding carboxylic acids is 1. The average Bonchev–Trinajstić information content (AvgIpc) is 2.60. The van der Waals surface area contributed by atoms with Gasteiger partial charge in [0.2, 0.25) is 0 Å². The predicted molar refractivity (Wildman–Crippen MR) is 97.0 cm³/mol. The van der Waals surface area contributed by atoms with Crippen LogP contribution in [0.5, 0.6) is 5.75 Å². The van der Waals surface area contributed by atoms with Gasteiger partial charge in [0.05, 0.1) is 5.41 Å². The Bertz CT molecular complexity index is 751. The maximum Gasteiger partial charge on any atom is 0.313 e. The Morgan fingerprint density at radius 2 is 1.72 bits per heavy atom. The van der Waals surface area contributed by atoms with E-state index in [1.807, 2.05) is 31.2 Å². The highest BCUT2D eigenvalue weighted by atomic mass is 16.5. The lowest BCUT2D eigenvalue weighted by Gasteiger charge is -2.20. The molecular weight excluding hydrogens is 318 g/mol. The molecule has 0 saturated carbocycles. The van der Waals surface area contributed by atoms with Crippen molar-refractivity contribution in [3.63, 3.8) is 0 Å². The van der Waals surface area contributed by atoms with Gasteiger partial charge in [0, 0.05) is 5.69 Å². The van der Waals surface area contributed by atoms with E-state index in [-0.39, 0.29) is 12.5 Å². The van der Waals surface area contributed by atoms with Gasteiger partial charge in [0.1, 0.15) is 5.75 Å². The Morgan fingerprint density at radius 1 is 1.08 bits per heavy atom. The number of carboxylic acids is 1. The van der Waals surface area contributed by atoms with Crippen LogP contribution in [0.25, 0.3) is 0 Å². The smallest absolute Gasteiger partial charge is 0.313 e. The van der Waals surface area contributed by atoms with Gasteiger partial charge in [-0.2, -0.15) is 0 Å². The van der Waals surface area contributed by atoms with Gasteiger partial charge in [-0.15, -0.1) is 0 Å². The highest BCUT2D eigenvalue weighted by Crippen LogP contribution is 2.25. The summed E-state index contributed by atoms with van der Waals surface area (Å²) in [6.45, 7) is 5.23. The molecule has 0 aliphatic rings. The second kappa shape index (κ2) is 7.83. The largest absolute Gasteiger partial charge is 0.483 e. The number of amides is 1. The minimum absolute atomic E-state index is 0.0839. The van der Waals surface area contributed by atoms with Crippen molar-refractivity contribution in [2.75, 3.05) is 11.9 Å². The van der Waals surface area contributed by atoms with Gasteiger partial charge in [-0.1, -0.05) is 37.3 Å². The van der Waals surface area contributed by atoms with Crippen molar-refractivity contribution in [1.29, 1.82) is 0 Å². The van der Waals surface area contributed by atoms with Crippen molar-refractivity contribution in [1.82, 2.24) is 0 Å². The molecule has 2 N–H and O–H groups in total. The first-order chi connectivity index (χ1) is 11.8. The monoisotopic (exact) mass is 341 g/mol. The third-order valence-corrected chi connectivity index (χ3v) is 4.14. The number of rotatable bonds is 7. The topological polar surface area (TPSA) is 75.6 Å². The lowest BCUT2D eigenvalue weighted by atomic mass is 9.85. The normalized spacial score (nSPS) is 11.0. The molecule has 2 rings (SSSR count). The van der Waals surface area contributed by atoms with Gasteiger partial charge in [0.15, 0.2) is 6.61 Å². The molecule has 5 heteroatoms. The van der Waals surface area contributed by atoms with Crippen LogP contribution in [0.1, 0.15) is 31.9 Å². The first-order valence-corrected chi connectivity index (χ1v) is 8.19. The molecule has 5 nitrogen and oxygen atoms in total. The number of hydrogen-bond acceptors (Lipinski definition) is 3. The van der Waals surface area contributed by atoms with Crippen LogP contribution in [0.15, 0.2) is 48.5 Å². The molecule has 0 aliphatic carbocycles. The van der Waals surface area contributed by atoms with Gasteiger partial charge in [-0.25, -0.2) is 0 Å². The molecule has 0 aliphatic heterocycles. The SMILES string of the molecule is CCc1ccccc1OCC(=O)Nc1ccc(C(C)(C)C(=O)O)cc1. The summed E-state index contributed by atoms with van der Waals surface area (Å²) in [5.74, 6) is -0.456. The molecule has 0 bridgehead atoms. The van der Waals surface area contributed by atoms with Crippen LogP contribution in [-0.4, -0.2) is 23.6 Å². The molecule has 0 fully saturated rings. The molecule has 1 amide bonds. The van der Waals surface area contributed by atoms with E-state index in [1.165, 1.54) is 0 Å². The van der Waals surface area contributed by atoms with E-state index in [2.05, 4.69) is 5.32 Å². The van der Waals surface area contributed by atoms with Crippen LogP contribution in [0, 0.1) is 0 Å². The average molecular weight is 341 g/mol. The summed E-state index contributed by atoms with van der Waals surface area (Å²) >= 11 is 0. The standard InChI is InChI=1S/C20H23NO4/c1-4-14-7-5-6-8-17(14)25-13-18(22)21-16-11-9-15(10-12-16)20(2,3)19(23)24/h5-12H,4,13H2,1-3H3,(H,21,22)(H,23,24). The highest BCUT2D eigenvalue weighted by molar-refractivity contribution is 5.92. The number of carboxylic acid groups (broad SMARTS) is 1. The van der Waals surface area contributed by atoms with Gasteiger partial charge < -0.3 is 15.2 Å². The fourth-order valence-electron chi connectivity index (χ4n) is 2.37. The number of anilines is 1. The molecule has 132 valence electrons. The van der Waals surface area contributed by atoms with Crippen LogP contribution >= 0.6 is 0 Å². The highest BCUT2D eigenvalue weighted by Gasteiger charge is 2.29. The summed E-state index contributed by atoms with van der Waals surface area (Å²) in [4.78, 5) is 23.3. The van der Waals surface area contributed by atoms with Crippen molar-refractivity contribution >= 4 is 17.6 Å². The van der Waals surface area contributed by atoms with E-state index >= 15 is 0 Å². The summed E-state index contributed by atoms with van der Waals surface area (Å²) < 4.78 is 5.58. The van der Waals surface area contributed by atoms with E-state index in [4.69, 9.17) is 4.74 Å². The van der Waals surface area contributed by atoms with Crippen LogP contribution in [0.4, 0.5) is 5.69 Å². The number of carbonyl (C=O) groups is 2. The number of para-hydroxylation sites is 1. The lowest BCUT2D eigenvalue weighted by Crippen LogP contribution is -2.28. The minimum atomic E-state index is -0.977. The molecule has 0 radical (unpaired) electrons. The van der Waals surface area contributed by atoms with Crippen molar-refractivity contribution in [3.05, 3.63) is 59.7 Å². The van der Waals surface area contributed by atoms with Crippen molar-refractivity contribution in [3.8, 4) is 5.75 Å². The molecule has 0 aromatic heterocycles. The number of aliphatic carboxylic acids is 1. The fourth-order valence-corrected chi connectivity index (χ4v) is 2.37. The van der Waals surface area contributed by atoms with Gasteiger partial charge in [-0.3, -0.25) is 9.59 Å². The summed E-state index contributed by atoms with van der Waals surface area (Å²) in [6.07, 6.45) is 0.832. The lowest BCUT2D eigenvalue weighted by molar-refractivity contribution is -0.142. The molecule has 0 atom stereocenters. The summed E-state index contributed by atoms with van der Waals surface area (Å²) in [5.41, 5.74) is 1.35. The van der Waals surface area contributed by atoms with Crippen LogP contribution in [-0.2, 0) is 21.4 Å². The van der Waals surface area contributed by atoms with Gasteiger partial charge >= 0.3 is 5.97 Å². The Hall–Kier alpha value is -2.82. The zero-order valence-corrected chi connectivity index (χ0v) is 14.7. The summed E-state index contributed by atoms with van der Waals surface area (Å²) in [6, 6.07) is 14.4. The molecule has 0 unspecified atom stereocenters. The molecule has 0 saturated heterocycles. The van der Waals surface area contributed by atoms with E-state index < -0.39 is 11.4 Å². The predicted octanol–water partition coefficient (Wildman–Crippen LogP) is 3.63. The Kier molecular flexibility index (Phi) is 5.80. The summed E-state index contributed by atoms with van der Waals surface area (Å²) in [7, 11) is 0. The van der Waals surface area contributed by atoms with Crippen molar-refractivity contribution in [2.45, 2.75) is 32.6 Å². The molecule has 0 heterocycles. The van der Waals surface area contributed by atoms with E-state index in [0.29, 0.717) is 17.0 Å². The molecule has 0 spiro atoms. The number of aryl methyl sites for hydroxylation is 1. The zero-order chi connectivity index (χ0) is 18.4. The van der Waals surface area contributed by atoms with Crippen molar-refractivity contribution in [2.24, 2.45) is 0 Å². The Morgan fingerprint density at radius 3 is 2.32 bits per heavy atom. The first kappa shape index (κ1) is 18.5. The number of benzene rings is 2. The van der Waals surface area contributed by atoms with Gasteiger partial charge in [0.25, 0.3) is 5.91 Å². The maximum atomic E-state index is 12.0. The Labute approximate surface area is 147 Å². The first-order valence-electron chi connectivity index (χ1n) is 8.19. The van der Waals surface area contributed by atoms with Crippen LogP contribution in [0.2, 0.25) is 0 Å². The van der Waals surface area contributed by atoms with Crippen LogP contribution < -0.4 is 10.1 Å². The fraction of sp³-hybridized carbons (Fsp3) is 0.300.